The van der Waals surface area contributed by atoms with Crippen LogP contribution in [0.5, 0.6) is 11.5 Å². The predicted molar refractivity (Wildman–Crippen MR) is 104 cm³/mol. The fourth-order valence-electron chi connectivity index (χ4n) is 2.76. The summed E-state index contributed by atoms with van der Waals surface area (Å²) in [5.74, 6) is 1.20. The quantitative estimate of drug-likeness (QED) is 0.743. The van der Waals surface area contributed by atoms with E-state index in [0.29, 0.717) is 30.3 Å². The number of morpholine rings is 1. The van der Waals surface area contributed by atoms with Crippen LogP contribution in [-0.2, 0) is 11.3 Å². The minimum absolute atomic E-state index is 0.154. The normalized spacial score (nSPS) is 14.7. The number of amides is 1. The van der Waals surface area contributed by atoms with Gasteiger partial charge in [-0.3, -0.25) is 9.69 Å². The van der Waals surface area contributed by atoms with E-state index in [9.17, 15) is 4.79 Å². The molecule has 0 spiro atoms. The lowest BCUT2D eigenvalue weighted by atomic mass is 10.2. The second kappa shape index (κ2) is 9.68. The van der Waals surface area contributed by atoms with E-state index in [2.05, 4.69) is 15.2 Å². The number of benzene rings is 1. The van der Waals surface area contributed by atoms with E-state index in [-0.39, 0.29) is 5.91 Å². The monoisotopic (exact) mass is 391 g/mol. The third-order valence-corrected chi connectivity index (χ3v) is 5.09. The van der Waals surface area contributed by atoms with Crippen LogP contribution in [0, 0.1) is 6.92 Å². The van der Waals surface area contributed by atoms with Gasteiger partial charge >= 0.3 is 0 Å². The lowest BCUT2D eigenvalue weighted by Crippen LogP contribution is -2.41. The molecule has 1 amide bonds. The molecule has 2 heterocycles. The maximum atomic E-state index is 12.2. The maximum absolute atomic E-state index is 12.2. The first-order valence-corrected chi connectivity index (χ1v) is 9.84. The average molecular weight is 391 g/mol. The highest BCUT2D eigenvalue weighted by molar-refractivity contribution is 7.09. The molecule has 2 aromatic rings. The van der Waals surface area contributed by atoms with Gasteiger partial charge in [0.15, 0.2) is 11.5 Å². The lowest BCUT2D eigenvalue weighted by molar-refractivity contribution is 0.0383. The second-order valence-electron chi connectivity index (χ2n) is 6.28. The number of carbonyl (C=O) groups is 1. The molecule has 1 fully saturated rings. The molecule has 1 saturated heterocycles. The number of thiazole rings is 1. The lowest BCUT2D eigenvalue weighted by Gasteiger charge is -2.26. The van der Waals surface area contributed by atoms with Gasteiger partial charge in [-0.2, -0.15) is 0 Å². The topological polar surface area (TPSA) is 72.9 Å². The van der Waals surface area contributed by atoms with Crippen molar-refractivity contribution in [2.75, 3.05) is 46.5 Å². The summed E-state index contributed by atoms with van der Waals surface area (Å²) in [6, 6.07) is 5.76. The van der Waals surface area contributed by atoms with Crippen LogP contribution in [0.1, 0.15) is 21.1 Å². The zero-order chi connectivity index (χ0) is 19.1. The highest BCUT2D eigenvalue weighted by Crippen LogP contribution is 2.28. The Kier molecular flexibility index (Phi) is 7.03. The molecule has 1 aromatic heterocycles. The standard InChI is InChI=1S/C19H25N3O4S/c1-14-3-4-16(17(11-14)24-2)26-12-18-21-15(13-27-18)19(23)20-5-6-22-7-9-25-10-8-22/h3-4,11,13H,5-10,12H2,1-2H3,(H,20,23). The Labute approximate surface area is 163 Å². The number of hydrogen-bond acceptors (Lipinski definition) is 7. The van der Waals surface area contributed by atoms with Crippen LogP contribution < -0.4 is 14.8 Å². The average Bonchev–Trinajstić information content (AvgIpc) is 3.17. The number of carbonyl (C=O) groups excluding carboxylic acids is 1. The zero-order valence-corrected chi connectivity index (χ0v) is 16.5. The number of rotatable bonds is 8. The van der Waals surface area contributed by atoms with Gasteiger partial charge in [-0.1, -0.05) is 6.07 Å². The summed E-state index contributed by atoms with van der Waals surface area (Å²) >= 11 is 1.41. The van der Waals surface area contributed by atoms with Crippen molar-refractivity contribution in [2.24, 2.45) is 0 Å². The van der Waals surface area contributed by atoms with Gasteiger partial charge in [0.05, 0.1) is 20.3 Å². The van der Waals surface area contributed by atoms with Gasteiger partial charge in [0.25, 0.3) is 5.91 Å². The van der Waals surface area contributed by atoms with E-state index in [4.69, 9.17) is 14.2 Å². The van der Waals surface area contributed by atoms with E-state index >= 15 is 0 Å². The van der Waals surface area contributed by atoms with Gasteiger partial charge in [0.2, 0.25) is 0 Å². The number of methoxy groups -OCH3 is 1. The number of nitrogens with one attached hydrogen (secondary N) is 1. The van der Waals surface area contributed by atoms with Crippen LogP contribution in [0.3, 0.4) is 0 Å². The fourth-order valence-corrected chi connectivity index (χ4v) is 3.44. The molecule has 0 aliphatic carbocycles. The molecule has 0 radical (unpaired) electrons. The van der Waals surface area contributed by atoms with Crippen LogP contribution >= 0.6 is 11.3 Å². The largest absolute Gasteiger partial charge is 0.493 e. The Morgan fingerprint density at radius 1 is 1.33 bits per heavy atom. The first kappa shape index (κ1) is 19.6. The van der Waals surface area contributed by atoms with Crippen LogP contribution in [0.4, 0.5) is 0 Å². The van der Waals surface area contributed by atoms with Gasteiger partial charge in [0.1, 0.15) is 17.3 Å². The molecular weight excluding hydrogens is 366 g/mol. The summed E-state index contributed by atoms with van der Waals surface area (Å²) in [6.45, 7) is 7.06. The Balaban J connectivity index is 1.47. The van der Waals surface area contributed by atoms with E-state index in [1.807, 2.05) is 25.1 Å². The highest BCUT2D eigenvalue weighted by atomic mass is 32.1. The number of aromatic nitrogens is 1. The van der Waals surface area contributed by atoms with Crippen molar-refractivity contribution in [2.45, 2.75) is 13.5 Å². The van der Waals surface area contributed by atoms with E-state index in [0.717, 1.165) is 43.4 Å². The molecule has 0 saturated carbocycles. The molecule has 0 unspecified atom stereocenters. The van der Waals surface area contributed by atoms with E-state index in [1.165, 1.54) is 11.3 Å². The van der Waals surface area contributed by atoms with Gasteiger partial charge in [-0.25, -0.2) is 4.98 Å². The number of hydrogen-bond donors (Lipinski definition) is 1. The number of ether oxygens (including phenoxy) is 3. The Morgan fingerprint density at radius 3 is 2.93 bits per heavy atom. The van der Waals surface area contributed by atoms with Crippen molar-refractivity contribution < 1.29 is 19.0 Å². The molecule has 1 N–H and O–H groups in total. The SMILES string of the molecule is COc1cc(C)ccc1OCc1nc(C(=O)NCCN2CCOCC2)cs1. The van der Waals surface area contributed by atoms with Crippen molar-refractivity contribution in [3.63, 3.8) is 0 Å². The van der Waals surface area contributed by atoms with Crippen molar-refractivity contribution >= 4 is 17.2 Å². The van der Waals surface area contributed by atoms with Gasteiger partial charge < -0.3 is 19.5 Å². The maximum Gasteiger partial charge on any atom is 0.270 e. The van der Waals surface area contributed by atoms with Crippen LogP contribution in [-0.4, -0.2) is 62.3 Å². The summed E-state index contributed by atoms with van der Waals surface area (Å²) in [5, 5.41) is 5.43. The Morgan fingerprint density at radius 2 is 2.15 bits per heavy atom. The summed E-state index contributed by atoms with van der Waals surface area (Å²) in [4.78, 5) is 18.9. The molecule has 8 heteroatoms. The molecule has 1 aliphatic heterocycles. The Hall–Kier alpha value is -2.16. The summed E-state index contributed by atoms with van der Waals surface area (Å²) < 4.78 is 16.4. The summed E-state index contributed by atoms with van der Waals surface area (Å²) in [5.41, 5.74) is 1.53. The van der Waals surface area contributed by atoms with E-state index in [1.54, 1.807) is 12.5 Å². The Bertz CT molecular complexity index is 759. The molecule has 0 atom stereocenters. The minimum Gasteiger partial charge on any atom is -0.493 e. The first-order chi connectivity index (χ1) is 13.2. The molecule has 1 aromatic carbocycles. The van der Waals surface area contributed by atoms with Crippen molar-refractivity contribution in [1.29, 1.82) is 0 Å². The summed E-state index contributed by atoms with van der Waals surface area (Å²) in [6.07, 6.45) is 0. The van der Waals surface area contributed by atoms with Crippen molar-refractivity contribution in [1.82, 2.24) is 15.2 Å². The molecule has 3 rings (SSSR count). The van der Waals surface area contributed by atoms with E-state index < -0.39 is 0 Å². The second-order valence-corrected chi connectivity index (χ2v) is 7.22. The third-order valence-electron chi connectivity index (χ3n) is 4.27. The fraction of sp³-hybridized carbons (Fsp3) is 0.474. The van der Waals surface area contributed by atoms with Crippen molar-refractivity contribution in [3.05, 3.63) is 39.8 Å². The number of nitrogens with zero attached hydrogens (tertiary/aromatic N) is 2. The minimum atomic E-state index is -0.154. The zero-order valence-electron chi connectivity index (χ0n) is 15.7. The summed E-state index contributed by atoms with van der Waals surface area (Å²) in [7, 11) is 1.62. The van der Waals surface area contributed by atoms with Gasteiger partial charge in [-0.05, 0) is 24.6 Å². The van der Waals surface area contributed by atoms with Gasteiger partial charge in [-0.15, -0.1) is 11.3 Å². The first-order valence-electron chi connectivity index (χ1n) is 8.96. The highest BCUT2D eigenvalue weighted by Gasteiger charge is 2.14. The predicted octanol–water partition coefficient (Wildman–Crippen LogP) is 2.10. The number of aryl methyl sites for hydroxylation is 1. The smallest absolute Gasteiger partial charge is 0.270 e. The molecule has 0 bridgehead atoms. The molecule has 146 valence electrons. The van der Waals surface area contributed by atoms with Gasteiger partial charge in [0, 0.05) is 31.6 Å². The molecule has 27 heavy (non-hydrogen) atoms. The van der Waals surface area contributed by atoms with Crippen LogP contribution in [0.15, 0.2) is 23.6 Å². The molecular formula is C19H25N3O4S. The molecule has 1 aliphatic rings. The van der Waals surface area contributed by atoms with Crippen LogP contribution in [0.2, 0.25) is 0 Å². The van der Waals surface area contributed by atoms with Crippen LogP contribution in [0.25, 0.3) is 0 Å². The molecule has 7 nitrogen and oxygen atoms in total. The third kappa shape index (κ3) is 5.66. The van der Waals surface area contributed by atoms with Crippen molar-refractivity contribution in [3.8, 4) is 11.5 Å².